The van der Waals surface area contributed by atoms with Gasteiger partial charge in [0, 0.05) is 11.6 Å². The average Bonchev–Trinajstić information content (AvgIpc) is 2.60. The van der Waals surface area contributed by atoms with Gasteiger partial charge in [0.1, 0.15) is 0 Å². The van der Waals surface area contributed by atoms with E-state index in [-0.39, 0.29) is 0 Å². The maximum atomic E-state index is 4.60. The number of nitrogens with zero attached hydrogens (tertiary/aromatic N) is 1. The molecule has 3 rings (SSSR count). The molecule has 2 saturated carbocycles. The number of nitrogens with one attached hydrogen (secondary N) is 1. The summed E-state index contributed by atoms with van der Waals surface area (Å²) in [5.41, 5.74) is 5.41. The van der Waals surface area contributed by atoms with Crippen LogP contribution in [0.15, 0.2) is 5.10 Å². The zero-order chi connectivity index (χ0) is 9.43. The third-order valence-corrected chi connectivity index (χ3v) is 4.41. The van der Waals surface area contributed by atoms with Gasteiger partial charge in [-0.1, -0.05) is 25.7 Å². The van der Waals surface area contributed by atoms with Gasteiger partial charge in [0.05, 0.1) is 5.54 Å². The minimum Gasteiger partial charge on any atom is -0.303 e. The minimum absolute atomic E-state index is 0.411. The lowest BCUT2D eigenvalue weighted by molar-refractivity contribution is 0.192. The third-order valence-electron chi connectivity index (χ3n) is 4.41. The first-order valence-electron chi connectivity index (χ1n) is 6.24. The van der Waals surface area contributed by atoms with E-state index in [1.54, 1.807) is 0 Å². The fourth-order valence-corrected chi connectivity index (χ4v) is 3.63. The second-order valence-electron chi connectivity index (χ2n) is 5.23. The highest BCUT2D eigenvalue weighted by Crippen LogP contribution is 2.43. The minimum atomic E-state index is 0.411. The second kappa shape index (κ2) is 3.25. The maximum absolute atomic E-state index is 4.60. The van der Waals surface area contributed by atoms with E-state index < -0.39 is 0 Å². The van der Waals surface area contributed by atoms with E-state index in [1.165, 1.54) is 63.5 Å². The van der Waals surface area contributed by atoms with Crippen LogP contribution in [0.25, 0.3) is 0 Å². The molecule has 0 aromatic carbocycles. The van der Waals surface area contributed by atoms with Crippen LogP contribution in [-0.2, 0) is 0 Å². The van der Waals surface area contributed by atoms with Crippen LogP contribution in [0.5, 0.6) is 0 Å². The SMILES string of the molecule is C1CCC2(CC1)NN=C1CCCC[C@H]12. The Bertz CT molecular complexity index is 251. The van der Waals surface area contributed by atoms with Gasteiger partial charge >= 0.3 is 0 Å². The molecule has 0 radical (unpaired) electrons. The summed E-state index contributed by atoms with van der Waals surface area (Å²) in [7, 11) is 0. The molecule has 2 heteroatoms. The van der Waals surface area contributed by atoms with Crippen molar-refractivity contribution in [1.29, 1.82) is 0 Å². The summed E-state index contributed by atoms with van der Waals surface area (Å²) in [6.45, 7) is 0. The van der Waals surface area contributed by atoms with E-state index in [9.17, 15) is 0 Å². The Morgan fingerprint density at radius 1 is 1.07 bits per heavy atom. The first kappa shape index (κ1) is 8.75. The lowest BCUT2D eigenvalue weighted by atomic mass is 9.68. The monoisotopic (exact) mass is 192 g/mol. The molecule has 2 aliphatic carbocycles. The van der Waals surface area contributed by atoms with Gasteiger partial charge in [-0.05, 0) is 32.1 Å². The molecule has 0 bridgehead atoms. The van der Waals surface area contributed by atoms with Crippen molar-refractivity contribution in [2.24, 2.45) is 11.0 Å². The van der Waals surface area contributed by atoms with Crippen LogP contribution in [0.2, 0.25) is 0 Å². The van der Waals surface area contributed by atoms with Gasteiger partial charge < -0.3 is 5.43 Å². The van der Waals surface area contributed by atoms with Crippen LogP contribution < -0.4 is 5.43 Å². The fraction of sp³-hybridized carbons (Fsp3) is 0.917. The third kappa shape index (κ3) is 1.19. The first-order chi connectivity index (χ1) is 6.91. The van der Waals surface area contributed by atoms with Gasteiger partial charge in [0.15, 0.2) is 0 Å². The van der Waals surface area contributed by atoms with Gasteiger partial charge in [0.2, 0.25) is 0 Å². The highest BCUT2D eigenvalue weighted by Gasteiger charge is 2.46. The Morgan fingerprint density at radius 3 is 2.79 bits per heavy atom. The second-order valence-corrected chi connectivity index (χ2v) is 5.23. The lowest BCUT2D eigenvalue weighted by Crippen LogP contribution is -2.48. The normalized spacial score (nSPS) is 34.9. The Morgan fingerprint density at radius 2 is 1.93 bits per heavy atom. The smallest absolute Gasteiger partial charge is 0.0629 e. The van der Waals surface area contributed by atoms with Crippen molar-refractivity contribution in [3.05, 3.63) is 0 Å². The van der Waals surface area contributed by atoms with Crippen LogP contribution in [-0.4, -0.2) is 11.3 Å². The number of hydrogen-bond acceptors (Lipinski definition) is 2. The molecule has 1 aliphatic heterocycles. The Kier molecular flexibility index (Phi) is 2.03. The number of hydrazone groups is 1. The highest BCUT2D eigenvalue weighted by molar-refractivity contribution is 5.90. The van der Waals surface area contributed by atoms with Crippen molar-refractivity contribution in [2.75, 3.05) is 0 Å². The highest BCUT2D eigenvalue weighted by atomic mass is 15.4. The van der Waals surface area contributed by atoms with Crippen molar-refractivity contribution in [1.82, 2.24) is 5.43 Å². The molecule has 14 heavy (non-hydrogen) atoms. The van der Waals surface area contributed by atoms with E-state index in [0.717, 1.165) is 5.92 Å². The molecule has 0 saturated heterocycles. The van der Waals surface area contributed by atoms with Gasteiger partial charge in [-0.15, -0.1) is 0 Å². The summed E-state index contributed by atoms with van der Waals surface area (Å²) < 4.78 is 0. The first-order valence-corrected chi connectivity index (χ1v) is 6.24. The molecular formula is C12H20N2. The van der Waals surface area contributed by atoms with E-state index in [0.29, 0.717) is 5.54 Å². The van der Waals surface area contributed by atoms with Crippen LogP contribution in [0.1, 0.15) is 57.8 Å². The number of fused-ring (bicyclic) bond motifs is 2. The van der Waals surface area contributed by atoms with Crippen LogP contribution >= 0.6 is 0 Å². The quantitative estimate of drug-likeness (QED) is 0.627. The summed E-state index contributed by atoms with van der Waals surface area (Å²) >= 11 is 0. The van der Waals surface area contributed by atoms with Crippen molar-refractivity contribution in [2.45, 2.75) is 63.3 Å². The molecule has 1 N–H and O–H groups in total. The predicted molar refractivity (Wildman–Crippen MR) is 58.3 cm³/mol. The summed E-state index contributed by atoms with van der Waals surface area (Å²) in [4.78, 5) is 0. The van der Waals surface area contributed by atoms with Crippen molar-refractivity contribution in [3.63, 3.8) is 0 Å². The Balaban J connectivity index is 1.82. The largest absolute Gasteiger partial charge is 0.303 e. The van der Waals surface area contributed by atoms with Crippen LogP contribution in [0.4, 0.5) is 0 Å². The summed E-state index contributed by atoms with van der Waals surface area (Å²) in [5, 5.41) is 4.60. The molecule has 0 amide bonds. The molecule has 2 nitrogen and oxygen atoms in total. The molecule has 2 fully saturated rings. The molecule has 0 aromatic rings. The number of rotatable bonds is 0. The van der Waals surface area contributed by atoms with Gasteiger partial charge in [-0.25, -0.2) is 0 Å². The van der Waals surface area contributed by atoms with E-state index in [2.05, 4.69) is 10.5 Å². The molecule has 1 spiro atoms. The maximum Gasteiger partial charge on any atom is 0.0629 e. The summed E-state index contributed by atoms with van der Waals surface area (Å²) in [6, 6.07) is 0. The molecular weight excluding hydrogens is 172 g/mol. The molecule has 1 heterocycles. The molecule has 3 aliphatic rings. The molecule has 1 atom stereocenters. The Hall–Kier alpha value is -0.530. The van der Waals surface area contributed by atoms with Gasteiger partial charge in [0.25, 0.3) is 0 Å². The van der Waals surface area contributed by atoms with Crippen molar-refractivity contribution >= 4 is 5.71 Å². The Labute approximate surface area is 86.2 Å². The average molecular weight is 192 g/mol. The van der Waals surface area contributed by atoms with E-state index in [1.807, 2.05) is 0 Å². The van der Waals surface area contributed by atoms with E-state index in [4.69, 9.17) is 0 Å². The summed E-state index contributed by atoms with van der Waals surface area (Å²) in [6.07, 6.45) is 12.4. The fourth-order valence-electron chi connectivity index (χ4n) is 3.63. The van der Waals surface area contributed by atoms with E-state index >= 15 is 0 Å². The zero-order valence-electron chi connectivity index (χ0n) is 8.89. The van der Waals surface area contributed by atoms with Crippen LogP contribution in [0.3, 0.4) is 0 Å². The van der Waals surface area contributed by atoms with Crippen molar-refractivity contribution in [3.8, 4) is 0 Å². The summed E-state index contributed by atoms with van der Waals surface area (Å²) in [5.74, 6) is 0.802. The van der Waals surface area contributed by atoms with Crippen molar-refractivity contribution < 1.29 is 0 Å². The topological polar surface area (TPSA) is 24.4 Å². The predicted octanol–water partition coefficient (Wildman–Crippen LogP) is 2.84. The standard InChI is InChI=1S/C12H20N2/c1-4-8-12(9-5-1)10-6-2-3-7-11(10)13-14-12/h10,14H,1-9H2/t10-/m1/s1. The number of hydrogen-bond donors (Lipinski definition) is 1. The molecule has 0 unspecified atom stereocenters. The zero-order valence-corrected chi connectivity index (χ0v) is 8.89. The lowest BCUT2D eigenvalue weighted by Gasteiger charge is -2.40. The van der Waals surface area contributed by atoms with Gasteiger partial charge in [-0.3, -0.25) is 0 Å². The van der Waals surface area contributed by atoms with Gasteiger partial charge in [-0.2, -0.15) is 5.10 Å². The molecule has 78 valence electrons. The van der Waals surface area contributed by atoms with Crippen LogP contribution in [0, 0.1) is 5.92 Å². The molecule has 0 aromatic heterocycles.